The van der Waals surface area contributed by atoms with Gasteiger partial charge in [0.1, 0.15) is 4.90 Å². The molecule has 1 aromatic carbocycles. The van der Waals surface area contributed by atoms with Crippen molar-refractivity contribution in [3.63, 3.8) is 0 Å². The molecular formula is C13H13Cl2N3O2S. The number of nitrogens with two attached hydrogens (primary N) is 1. The lowest BCUT2D eigenvalue weighted by molar-refractivity contribution is 0.580. The first-order valence-electron chi connectivity index (χ1n) is 6.02. The Morgan fingerprint density at radius 2 is 1.95 bits per heavy atom. The topological polar surface area (TPSA) is 85.1 Å². The molecule has 21 heavy (non-hydrogen) atoms. The van der Waals surface area contributed by atoms with Gasteiger partial charge in [-0.15, -0.1) is 0 Å². The summed E-state index contributed by atoms with van der Waals surface area (Å²) in [5.41, 5.74) is 6.54. The summed E-state index contributed by atoms with van der Waals surface area (Å²) < 4.78 is 27.0. The summed E-state index contributed by atoms with van der Waals surface area (Å²) in [6.07, 6.45) is 1.59. The van der Waals surface area contributed by atoms with Crippen molar-refractivity contribution in [2.75, 3.05) is 0 Å². The van der Waals surface area contributed by atoms with E-state index in [2.05, 4.69) is 9.71 Å². The van der Waals surface area contributed by atoms with E-state index < -0.39 is 10.0 Å². The van der Waals surface area contributed by atoms with Gasteiger partial charge in [0.25, 0.3) is 0 Å². The molecule has 0 aliphatic carbocycles. The summed E-state index contributed by atoms with van der Waals surface area (Å²) in [5, 5.41) is 0.379. The molecule has 0 aliphatic rings. The molecule has 0 saturated carbocycles. The van der Waals surface area contributed by atoms with Gasteiger partial charge >= 0.3 is 0 Å². The molecule has 2 rings (SSSR count). The Morgan fingerprint density at radius 1 is 1.19 bits per heavy atom. The van der Waals surface area contributed by atoms with Crippen LogP contribution in [0.4, 0.5) is 0 Å². The maximum Gasteiger partial charge on any atom is 0.242 e. The van der Waals surface area contributed by atoms with Gasteiger partial charge in [-0.25, -0.2) is 13.1 Å². The number of hydrogen-bond donors (Lipinski definition) is 2. The zero-order valence-corrected chi connectivity index (χ0v) is 13.2. The number of nitrogens with zero attached hydrogens (tertiary/aromatic N) is 1. The predicted molar refractivity (Wildman–Crippen MR) is 82.6 cm³/mol. The van der Waals surface area contributed by atoms with Crippen molar-refractivity contribution in [2.45, 2.75) is 18.0 Å². The normalized spacial score (nSPS) is 11.6. The Balaban J connectivity index is 2.28. The highest BCUT2D eigenvalue weighted by atomic mass is 35.5. The van der Waals surface area contributed by atoms with E-state index in [9.17, 15) is 8.42 Å². The lowest BCUT2D eigenvalue weighted by Gasteiger charge is -2.11. The van der Waals surface area contributed by atoms with Crippen LogP contribution in [0.1, 0.15) is 11.3 Å². The van der Waals surface area contributed by atoms with Gasteiger partial charge in [0.05, 0.1) is 17.3 Å². The summed E-state index contributed by atoms with van der Waals surface area (Å²) in [7, 11) is -3.77. The number of aromatic nitrogens is 1. The summed E-state index contributed by atoms with van der Waals surface area (Å²) in [4.78, 5) is 3.99. The standard InChI is InChI=1S/C13H13Cl2N3O2S/c14-11-4-5-12(13(15)10(11)7-16)21(19,20)18-8-9-3-1-2-6-17-9/h1-6,18H,7-8,16H2. The minimum Gasteiger partial charge on any atom is -0.326 e. The second-order valence-electron chi connectivity index (χ2n) is 4.19. The zero-order valence-electron chi connectivity index (χ0n) is 10.9. The SMILES string of the molecule is NCc1c(Cl)ccc(S(=O)(=O)NCc2ccccn2)c1Cl. The van der Waals surface area contributed by atoms with E-state index >= 15 is 0 Å². The molecule has 0 aliphatic heterocycles. The van der Waals surface area contributed by atoms with Crippen LogP contribution in [0.3, 0.4) is 0 Å². The monoisotopic (exact) mass is 345 g/mol. The van der Waals surface area contributed by atoms with Gasteiger partial charge in [-0.1, -0.05) is 29.3 Å². The number of hydrogen-bond acceptors (Lipinski definition) is 4. The molecule has 2 aromatic rings. The van der Waals surface area contributed by atoms with Gasteiger partial charge in [0, 0.05) is 23.3 Å². The fourth-order valence-corrected chi connectivity index (χ4v) is 3.65. The summed E-state index contributed by atoms with van der Waals surface area (Å²) in [6, 6.07) is 8.06. The van der Waals surface area contributed by atoms with Crippen molar-refractivity contribution in [1.29, 1.82) is 0 Å². The zero-order chi connectivity index (χ0) is 15.5. The third-order valence-electron chi connectivity index (χ3n) is 2.81. The molecule has 0 unspecified atom stereocenters. The molecule has 3 N–H and O–H groups in total. The number of halogens is 2. The molecule has 0 atom stereocenters. The molecule has 0 saturated heterocycles. The van der Waals surface area contributed by atoms with Crippen molar-refractivity contribution >= 4 is 33.2 Å². The highest BCUT2D eigenvalue weighted by molar-refractivity contribution is 7.89. The number of nitrogens with one attached hydrogen (secondary N) is 1. The van der Waals surface area contributed by atoms with Gasteiger partial charge in [0.15, 0.2) is 0 Å². The summed E-state index contributed by atoms with van der Waals surface area (Å²) >= 11 is 12.0. The van der Waals surface area contributed by atoms with Crippen LogP contribution in [0.15, 0.2) is 41.4 Å². The van der Waals surface area contributed by atoms with Crippen molar-refractivity contribution in [3.05, 3.63) is 57.8 Å². The van der Waals surface area contributed by atoms with E-state index in [0.29, 0.717) is 16.3 Å². The molecule has 5 nitrogen and oxygen atoms in total. The highest BCUT2D eigenvalue weighted by Crippen LogP contribution is 2.30. The van der Waals surface area contributed by atoms with Crippen molar-refractivity contribution in [3.8, 4) is 0 Å². The molecular weight excluding hydrogens is 333 g/mol. The first kappa shape index (κ1) is 16.2. The molecule has 1 aromatic heterocycles. The van der Waals surface area contributed by atoms with Gasteiger partial charge in [-0.3, -0.25) is 4.98 Å². The fourth-order valence-electron chi connectivity index (χ4n) is 1.72. The maximum absolute atomic E-state index is 12.3. The smallest absolute Gasteiger partial charge is 0.242 e. The molecule has 0 spiro atoms. The lowest BCUT2D eigenvalue weighted by atomic mass is 10.2. The highest BCUT2D eigenvalue weighted by Gasteiger charge is 2.21. The average Bonchev–Trinajstić information content (AvgIpc) is 2.46. The first-order chi connectivity index (χ1) is 9.95. The summed E-state index contributed by atoms with van der Waals surface area (Å²) in [6.45, 7) is 0.126. The Kier molecular flexibility index (Phi) is 5.18. The van der Waals surface area contributed by atoms with Crippen LogP contribution < -0.4 is 10.5 Å². The van der Waals surface area contributed by atoms with Crippen LogP contribution in [-0.4, -0.2) is 13.4 Å². The van der Waals surface area contributed by atoms with Crippen molar-refractivity contribution < 1.29 is 8.42 Å². The van der Waals surface area contributed by atoms with E-state index in [1.165, 1.54) is 12.1 Å². The first-order valence-corrected chi connectivity index (χ1v) is 8.26. The van der Waals surface area contributed by atoms with E-state index in [4.69, 9.17) is 28.9 Å². The largest absolute Gasteiger partial charge is 0.326 e. The average molecular weight is 346 g/mol. The van der Waals surface area contributed by atoms with E-state index in [1.54, 1.807) is 24.4 Å². The minimum atomic E-state index is -3.77. The van der Waals surface area contributed by atoms with Crippen LogP contribution in [0, 0.1) is 0 Å². The lowest BCUT2D eigenvalue weighted by Crippen LogP contribution is -2.24. The van der Waals surface area contributed by atoms with E-state index in [0.717, 1.165) is 0 Å². The molecule has 1 heterocycles. The molecule has 0 fully saturated rings. The number of pyridine rings is 1. The van der Waals surface area contributed by atoms with Gasteiger partial charge in [-0.05, 0) is 24.3 Å². The molecule has 0 bridgehead atoms. The Bertz CT molecular complexity index is 737. The number of rotatable bonds is 5. The predicted octanol–water partition coefficient (Wildman–Crippen LogP) is 2.33. The van der Waals surface area contributed by atoms with E-state index in [-0.39, 0.29) is 23.0 Å². The molecule has 0 radical (unpaired) electrons. The number of sulfonamides is 1. The van der Waals surface area contributed by atoms with Crippen LogP contribution in [-0.2, 0) is 23.1 Å². The third-order valence-corrected chi connectivity index (χ3v) is 5.16. The van der Waals surface area contributed by atoms with Crippen molar-refractivity contribution in [1.82, 2.24) is 9.71 Å². The van der Waals surface area contributed by atoms with Gasteiger partial charge < -0.3 is 5.73 Å². The van der Waals surface area contributed by atoms with E-state index in [1.807, 2.05) is 0 Å². The van der Waals surface area contributed by atoms with Crippen LogP contribution in [0.25, 0.3) is 0 Å². The van der Waals surface area contributed by atoms with Gasteiger partial charge in [-0.2, -0.15) is 0 Å². The Hall–Kier alpha value is -1.18. The third kappa shape index (κ3) is 3.72. The van der Waals surface area contributed by atoms with Gasteiger partial charge in [0.2, 0.25) is 10.0 Å². The van der Waals surface area contributed by atoms with Crippen molar-refractivity contribution in [2.24, 2.45) is 5.73 Å². The second kappa shape index (κ2) is 6.72. The Labute approximate surface area is 133 Å². The fraction of sp³-hybridized carbons (Fsp3) is 0.154. The van der Waals surface area contributed by atoms with Crippen LogP contribution in [0.2, 0.25) is 10.0 Å². The summed E-state index contributed by atoms with van der Waals surface area (Å²) in [5.74, 6) is 0. The quantitative estimate of drug-likeness (QED) is 0.870. The molecule has 112 valence electrons. The molecule has 0 amide bonds. The maximum atomic E-state index is 12.3. The Morgan fingerprint density at radius 3 is 2.57 bits per heavy atom. The van der Waals surface area contributed by atoms with Crippen LogP contribution >= 0.6 is 23.2 Å². The number of benzene rings is 1. The minimum absolute atomic E-state index is 0.0403. The molecule has 8 heteroatoms. The van der Waals surface area contributed by atoms with Crippen LogP contribution in [0.5, 0.6) is 0 Å². The second-order valence-corrected chi connectivity index (χ2v) is 6.71.